The average molecular weight is 390 g/mol. The molecule has 1 aromatic heterocycles. The van der Waals surface area contributed by atoms with Crippen LogP contribution in [0.4, 0.5) is 10.1 Å². The number of nitrogens with zero attached hydrogens (tertiary/aromatic N) is 1. The van der Waals surface area contributed by atoms with Crippen LogP contribution in [0, 0.1) is 12.7 Å². The van der Waals surface area contributed by atoms with Gasteiger partial charge in [-0.1, -0.05) is 6.07 Å². The van der Waals surface area contributed by atoms with Crippen LogP contribution in [-0.2, 0) is 26.0 Å². The Morgan fingerprint density at radius 3 is 2.67 bits per heavy atom. The zero-order valence-electron chi connectivity index (χ0n) is 14.1. The van der Waals surface area contributed by atoms with Crippen molar-refractivity contribution in [3.05, 3.63) is 59.5 Å². The van der Waals surface area contributed by atoms with E-state index in [2.05, 4.69) is 5.32 Å². The Bertz CT molecular complexity index is 1170. The second-order valence-electron chi connectivity index (χ2n) is 5.86. The van der Waals surface area contributed by atoms with Gasteiger partial charge in [0.15, 0.2) is 0 Å². The minimum atomic E-state index is -4.12. The molecule has 0 saturated carbocycles. The maximum absolute atomic E-state index is 13.7. The Kier molecular flexibility index (Phi) is 4.71. The molecule has 3 aromatic rings. The lowest BCUT2D eigenvalue weighted by atomic mass is 10.1. The van der Waals surface area contributed by atoms with Gasteiger partial charge in [0.05, 0.1) is 16.8 Å². The van der Waals surface area contributed by atoms with E-state index in [1.165, 1.54) is 37.3 Å². The van der Waals surface area contributed by atoms with E-state index in [1.807, 2.05) is 0 Å². The monoisotopic (exact) mass is 390 g/mol. The number of hydrogen-bond donors (Lipinski definition) is 2. The van der Waals surface area contributed by atoms with Gasteiger partial charge in [-0.05, 0) is 48.9 Å². The molecule has 7 nitrogen and oxygen atoms in total. The predicted molar refractivity (Wildman–Crippen MR) is 96.7 cm³/mol. The molecular formula is C18H15FN2O5S. The fourth-order valence-electron chi connectivity index (χ4n) is 3.03. The number of rotatable bonds is 6. The lowest BCUT2D eigenvalue weighted by Crippen LogP contribution is -2.15. The summed E-state index contributed by atoms with van der Waals surface area (Å²) < 4.78 is 41.1. The quantitative estimate of drug-likeness (QED) is 0.629. The Hall–Kier alpha value is -3.20. The van der Waals surface area contributed by atoms with Gasteiger partial charge in [-0.25, -0.2) is 16.8 Å². The Morgan fingerprint density at radius 2 is 2.00 bits per heavy atom. The number of amides is 1. The van der Waals surface area contributed by atoms with Crippen LogP contribution in [-0.4, -0.2) is 29.9 Å². The standard InChI is InChI=1S/C18H15FN2O5S/c1-11-15(9-18(23)24)16-7-12(19)5-6-17(16)21(11)27(25,26)14-4-2-3-13(8-14)20-10-22/h2-8,10H,9H2,1H3,(H,20,22)(H,23,24). The SMILES string of the molecule is Cc1c(CC(=O)O)c2cc(F)ccc2n1S(=O)(=O)c1cccc(NC=O)c1. The third-order valence-corrected chi connectivity index (χ3v) is 5.97. The molecule has 0 radical (unpaired) electrons. The van der Waals surface area contributed by atoms with Crippen LogP contribution < -0.4 is 5.32 Å². The van der Waals surface area contributed by atoms with Gasteiger partial charge in [0.2, 0.25) is 6.41 Å². The minimum Gasteiger partial charge on any atom is -0.481 e. The van der Waals surface area contributed by atoms with Crippen molar-refractivity contribution < 1.29 is 27.5 Å². The van der Waals surface area contributed by atoms with Gasteiger partial charge < -0.3 is 10.4 Å². The number of aliphatic carboxylic acids is 1. The van der Waals surface area contributed by atoms with Crippen molar-refractivity contribution in [2.75, 3.05) is 5.32 Å². The molecule has 1 heterocycles. The van der Waals surface area contributed by atoms with E-state index in [9.17, 15) is 22.4 Å². The first-order valence-electron chi connectivity index (χ1n) is 7.82. The molecule has 0 aliphatic rings. The molecule has 0 fully saturated rings. The zero-order chi connectivity index (χ0) is 19.8. The second-order valence-corrected chi connectivity index (χ2v) is 7.64. The van der Waals surface area contributed by atoms with Gasteiger partial charge in [-0.3, -0.25) is 9.59 Å². The van der Waals surface area contributed by atoms with Crippen molar-refractivity contribution in [2.24, 2.45) is 0 Å². The van der Waals surface area contributed by atoms with Crippen molar-refractivity contribution in [3.8, 4) is 0 Å². The molecule has 2 aromatic carbocycles. The lowest BCUT2D eigenvalue weighted by molar-refractivity contribution is -0.136. The van der Waals surface area contributed by atoms with E-state index in [-0.39, 0.29) is 32.7 Å². The van der Waals surface area contributed by atoms with Crippen molar-refractivity contribution in [2.45, 2.75) is 18.2 Å². The van der Waals surface area contributed by atoms with Crippen LogP contribution in [0.15, 0.2) is 47.4 Å². The number of halogens is 1. The third-order valence-electron chi connectivity index (χ3n) is 4.17. The molecule has 0 bridgehead atoms. The molecule has 1 amide bonds. The number of carboxylic acids is 1. The first kappa shape index (κ1) is 18.6. The summed E-state index contributed by atoms with van der Waals surface area (Å²) in [5, 5.41) is 11.8. The van der Waals surface area contributed by atoms with Gasteiger partial charge in [0.25, 0.3) is 10.0 Å². The van der Waals surface area contributed by atoms with Crippen molar-refractivity contribution in [1.29, 1.82) is 0 Å². The first-order valence-corrected chi connectivity index (χ1v) is 9.26. The summed E-state index contributed by atoms with van der Waals surface area (Å²) in [7, 11) is -4.12. The van der Waals surface area contributed by atoms with Crippen LogP contribution in [0.5, 0.6) is 0 Å². The normalized spacial score (nSPS) is 11.5. The topological polar surface area (TPSA) is 105 Å². The van der Waals surface area contributed by atoms with Crippen molar-refractivity contribution in [1.82, 2.24) is 3.97 Å². The van der Waals surface area contributed by atoms with Gasteiger partial charge >= 0.3 is 5.97 Å². The van der Waals surface area contributed by atoms with E-state index in [0.717, 1.165) is 16.1 Å². The molecule has 0 aliphatic heterocycles. The number of nitrogens with one attached hydrogen (secondary N) is 1. The summed E-state index contributed by atoms with van der Waals surface area (Å²) in [6.07, 6.45) is -0.0170. The van der Waals surface area contributed by atoms with Gasteiger partial charge in [-0.15, -0.1) is 0 Å². The molecule has 0 aliphatic carbocycles. The number of hydrogen-bond acceptors (Lipinski definition) is 4. The largest absolute Gasteiger partial charge is 0.481 e. The van der Waals surface area contributed by atoms with Gasteiger partial charge in [0.1, 0.15) is 5.82 Å². The average Bonchev–Trinajstić information content (AvgIpc) is 2.87. The van der Waals surface area contributed by atoms with Crippen LogP contribution in [0.3, 0.4) is 0 Å². The van der Waals surface area contributed by atoms with E-state index < -0.39 is 28.2 Å². The highest BCUT2D eigenvalue weighted by molar-refractivity contribution is 7.90. The molecule has 0 unspecified atom stereocenters. The molecule has 9 heteroatoms. The fraction of sp³-hybridized carbons (Fsp3) is 0.111. The Labute approximate surface area is 154 Å². The van der Waals surface area contributed by atoms with E-state index in [0.29, 0.717) is 6.41 Å². The van der Waals surface area contributed by atoms with E-state index >= 15 is 0 Å². The highest BCUT2D eigenvalue weighted by atomic mass is 32.2. The fourth-order valence-corrected chi connectivity index (χ4v) is 4.66. The van der Waals surface area contributed by atoms with Crippen LogP contribution in [0.1, 0.15) is 11.3 Å². The summed E-state index contributed by atoms with van der Waals surface area (Å²) in [5.41, 5.74) is 0.880. The summed E-state index contributed by atoms with van der Waals surface area (Å²) in [4.78, 5) is 21.7. The van der Waals surface area contributed by atoms with Gasteiger partial charge in [-0.2, -0.15) is 0 Å². The first-order chi connectivity index (χ1) is 12.8. The third kappa shape index (κ3) is 3.28. The summed E-state index contributed by atoms with van der Waals surface area (Å²) in [5.74, 6) is -1.75. The smallest absolute Gasteiger partial charge is 0.307 e. The maximum Gasteiger partial charge on any atom is 0.307 e. The predicted octanol–water partition coefficient (Wildman–Crippen LogP) is 2.52. The lowest BCUT2D eigenvalue weighted by Gasteiger charge is -2.11. The maximum atomic E-state index is 13.7. The summed E-state index contributed by atoms with van der Waals surface area (Å²) in [6.45, 7) is 1.47. The number of benzene rings is 2. The number of carbonyl (C=O) groups is 2. The highest BCUT2D eigenvalue weighted by Crippen LogP contribution is 2.31. The number of carbonyl (C=O) groups excluding carboxylic acids is 1. The summed E-state index contributed by atoms with van der Waals surface area (Å²) in [6, 6.07) is 9.18. The van der Waals surface area contributed by atoms with Crippen LogP contribution in [0.25, 0.3) is 10.9 Å². The molecule has 0 saturated heterocycles. The number of fused-ring (bicyclic) bond motifs is 1. The van der Waals surface area contributed by atoms with Gasteiger partial charge in [0, 0.05) is 16.8 Å². The Morgan fingerprint density at radius 1 is 1.26 bits per heavy atom. The molecule has 0 spiro atoms. The van der Waals surface area contributed by atoms with Crippen LogP contribution in [0.2, 0.25) is 0 Å². The molecule has 2 N–H and O–H groups in total. The van der Waals surface area contributed by atoms with Crippen molar-refractivity contribution >= 4 is 39.0 Å². The number of aromatic nitrogens is 1. The highest BCUT2D eigenvalue weighted by Gasteiger charge is 2.26. The Balaban J connectivity index is 2.30. The van der Waals surface area contributed by atoms with Crippen molar-refractivity contribution in [3.63, 3.8) is 0 Å². The molecular weight excluding hydrogens is 375 g/mol. The second kappa shape index (κ2) is 6.84. The zero-order valence-corrected chi connectivity index (χ0v) is 15.0. The number of carboxylic acid groups (broad SMARTS) is 1. The van der Waals surface area contributed by atoms with E-state index in [1.54, 1.807) is 0 Å². The number of anilines is 1. The molecule has 27 heavy (non-hydrogen) atoms. The molecule has 140 valence electrons. The molecule has 0 atom stereocenters. The minimum absolute atomic E-state index is 0.0967. The molecule has 3 rings (SSSR count). The van der Waals surface area contributed by atoms with E-state index in [4.69, 9.17) is 5.11 Å². The summed E-state index contributed by atoms with van der Waals surface area (Å²) >= 11 is 0. The van der Waals surface area contributed by atoms with Crippen LogP contribution >= 0.6 is 0 Å².